The van der Waals surface area contributed by atoms with Crippen molar-refractivity contribution in [3.63, 3.8) is 0 Å². The Balaban J connectivity index is 1.11. The normalized spacial score (nSPS) is 14.6. The van der Waals surface area contributed by atoms with Crippen molar-refractivity contribution < 1.29 is 0 Å². The van der Waals surface area contributed by atoms with Crippen molar-refractivity contribution in [3.8, 4) is 55.6 Å². The number of allylic oxidation sites excluding steroid dienone is 1. The van der Waals surface area contributed by atoms with E-state index in [0.29, 0.717) is 5.92 Å². The van der Waals surface area contributed by atoms with Crippen molar-refractivity contribution in [2.45, 2.75) is 32.6 Å². The van der Waals surface area contributed by atoms with Crippen LogP contribution in [0.15, 0.2) is 206 Å². The highest BCUT2D eigenvalue weighted by atomic mass is 15.1. The Kier molecular flexibility index (Phi) is 8.94. The van der Waals surface area contributed by atoms with Gasteiger partial charge in [0.1, 0.15) is 0 Å². The number of para-hydroxylation sites is 1. The maximum Gasteiger partial charge on any atom is 0.0543 e. The molecule has 1 nitrogen and oxygen atoms in total. The summed E-state index contributed by atoms with van der Waals surface area (Å²) < 4.78 is 0. The fraction of sp³-hybridized carbons (Fsp3) is 0.100. The van der Waals surface area contributed by atoms with Crippen LogP contribution >= 0.6 is 0 Å². The highest BCUT2D eigenvalue weighted by molar-refractivity contribution is 6.03. The topological polar surface area (TPSA) is 3.24 Å². The average molecular weight is 782 g/mol. The molecule has 0 heterocycles. The van der Waals surface area contributed by atoms with Gasteiger partial charge in [0.2, 0.25) is 0 Å². The Bertz CT molecular complexity index is 3150. The molecular formula is C60H47N. The standard InChI is InChI=1S/C60H47N/c1-40-31-32-43-35-38-51-46(25-15-26-50(51)54(43)39-40)42-33-36-44(37-34-42)61(58-30-16-28-56-59(58)53-24-11-13-27-55(53)60(56,2)3)57-29-14-12-23-52(57)49-22-10-9-21-48(49)47-20-8-7-19-45(47)41-17-5-4-6-18-41/h4-38,40H,39H2,1-3H3. The summed E-state index contributed by atoms with van der Waals surface area (Å²) in [4.78, 5) is 2.52. The number of hydrogen-bond acceptors (Lipinski definition) is 1. The molecule has 11 rings (SSSR count). The molecule has 0 fully saturated rings. The van der Waals surface area contributed by atoms with Crippen LogP contribution in [0.4, 0.5) is 17.1 Å². The van der Waals surface area contributed by atoms with Crippen LogP contribution in [-0.2, 0) is 11.8 Å². The van der Waals surface area contributed by atoms with Gasteiger partial charge < -0.3 is 4.90 Å². The molecule has 9 aromatic rings. The van der Waals surface area contributed by atoms with E-state index in [9.17, 15) is 0 Å². The van der Waals surface area contributed by atoms with Crippen LogP contribution in [-0.4, -0.2) is 0 Å². The van der Waals surface area contributed by atoms with E-state index in [1.54, 1.807) is 0 Å². The predicted octanol–water partition coefficient (Wildman–Crippen LogP) is 16.5. The lowest BCUT2D eigenvalue weighted by Gasteiger charge is -2.31. The summed E-state index contributed by atoms with van der Waals surface area (Å²) in [6, 6.07) is 74.1. The lowest BCUT2D eigenvalue weighted by Crippen LogP contribution is -2.16. The van der Waals surface area contributed by atoms with Crippen molar-refractivity contribution in [3.05, 3.63) is 229 Å². The molecule has 2 aliphatic carbocycles. The zero-order valence-corrected chi connectivity index (χ0v) is 34.9. The lowest BCUT2D eigenvalue weighted by atomic mass is 9.82. The average Bonchev–Trinajstić information content (AvgIpc) is 3.55. The van der Waals surface area contributed by atoms with Crippen LogP contribution in [0.25, 0.3) is 72.5 Å². The van der Waals surface area contributed by atoms with Gasteiger partial charge in [-0.2, -0.15) is 0 Å². The first-order chi connectivity index (χ1) is 30.0. The van der Waals surface area contributed by atoms with Gasteiger partial charge in [0, 0.05) is 22.2 Å². The molecule has 1 unspecified atom stereocenters. The van der Waals surface area contributed by atoms with Gasteiger partial charge in [0.05, 0.1) is 11.4 Å². The van der Waals surface area contributed by atoms with Crippen molar-refractivity contribution in [2.24, 2.45) is 5.92 Å². The highest BCUT2D eigenvalue weighted by Crippen LogP contribution is 2.55. The summed E-state index contributed by atoms with van der Waals surface area (Å²) >= 11 is 0. The Morgan fingerprint density at radius 2 is 0.984 bits per heavy atom. The molecule has 0 aromatic heterocycles. The molecule has 9 aromatic carbocycles. The molecule has 1 heteroatoms. The maximum absolute atomic E-state index is 2.52. The summed E-state index contributed by atoms with van der Waals surface area (Å²) in [6.45, 7) is 7.05. The molecule has 0 aliphatic heterocycles. The first-order valence-electron chi connectivity index (χ1n) is 21.7. The number of rotatable bonds is 7. The summed E-state index contributed by atoms with van der Waals surface area (Å²) in [6.07, 6.45) is 5.71. The predicted molar refractivity (Wildman–Crippen MR) is 260 cm³/mol. The molecule has 292 valence electrons. The zero-order valence-electron chi connectivity index (χ0n) is 34.9. The third kappa shape index (κ3) is 6.15. The molecule has 0 amide bonds. The second kappa shape index (κ2) is 14.8. The van der Waals surface area contributed by atoms with Crippen LogP contribution in [0.3, 0.4) is 0 Å². The summed E-state index contributed by atoms with van der Waals surface area (Å²) in [5.74, 6) is 0.539. The van der Waals surface area contributed by atoms with Gasteiger partial charge in [0.15, 0.2) is 0 Å². The van der Waals surface area contributed by atoms with Crippen LogP contribution in [0.1, 0.15) is 43.0 Å². The second-order valence-electron chi connectivity index (χ2n) is 17.3. The van der Waals surface area contributed by atoms with E-state index in [1.165, 1.54) is 94.3 Å². The molecule has 2 aliphatic rings. The molecule has 0 radical (unpaired) electrons. The monoisotopic (exact) mass is 781 g/mol. The molecular weight excluding hydrogens is 735 g/mol. The van der Waals surface area contributed by atoms with Gasteiger partial charge in [-0.25, -0.2) is 0 Å². The van der Waals surface area contributed by atoms with E-state index in [4.69, 9.17) is 0 Å². The quantitative estimate of drug-likeness (QED) is 0.156. The van der Waals surface area contributed by atoms with E-state index < -0.39 is 0 Å². The molecule has 0 bridgehead atoms. The zero-order chi connectivity index (χ0) is 41.1. The SMILES string of the molecule is CC1C=Cc2ccc3c(-c4ccc(N(c5ccccc5-c5ccccc5-c5ccccc5-c5ccccc5)c5cccc6c5-c5ccccc5C6(C)C)cc4)cccc3c2C1. The Labute approximate surface area is 359 Å². The Morgan fingerprint density at radius 3 is 1.75 bits per heavy atom. The van der Waals surface area contributed by atoms with Gasteiger partial charge in [-0.15, -0.1) is 0 Å². The molecule has 61 heavy (non-hydrogen) atoms. The van der Waals surface area contributed by atoms with Gasteiger partial charge in [-0.05, 0) is 114 Å². The van der Waals surface area contributed by atoms with Gasteiger partial charge in [0.25, 0.3) is 0 Å². The van der Waals surface area contributed by atoms with E-state index in [2.05, 4.69) is 238 Å². The Morgan fingerprint density at radius 1 is 0.426 bits per heavy atom. The van der Waals surface area contributed by atoms with Gasteiger partial charge in [-0.3, -0.25) is 0 Å². The number of anilines is 3. The van der Waals surface area contributed by atoms with Crippen LogP contribution in [0, 0.1) is 5.92 Å². The van der Waals surface area contributed by atoms with Gasteiger partial charge in [-0.1, -0.05) is 209 Å². The maximum atomic E-state index is 2.52. The fourth-order valence-corrected chi connectivity index (χ4v) is 10.3. The number of hydrogen-bond donors (Lipinski definition) is 0. The first-order valence-corrected chi connectivity index (χ1v) is 21.7. The Hall–Kier alpha value is -7.22. The van der Waals surface area contributed by atoms with Crippen molar-refractivity contribution in [2.75, 3.05) is 4.90 Å². The van der Waals surface area contributed by atoms with Crippen molar-refractivity contribution in [1.82, 2.24) is 0 Å². The van der Waals surface area contributed by atoms with E-state index >= 15 is 0 Å². The van der Waals surface area contributed by atoms with Crippen LogP contribution in [0.5, 0.6) is 0 Å². The lowest BCUT2D eigenvalue weighted by molar-refractivity contribution is 0.660. The molecule has 0 N–H and O–H groups in total. The molecule has 0 saturated heterocycles. The number of nitrogens with zero attached hydrogens (tertiary/aromatic N) is 1. The summed E-state index contributed by atoms with van der Waals surface area (Å²) in [5, 5.41) is 2.67. The largest absolute Gasteiger partial charge is 0.309 e. The second-order valence-corrected chi connectivity index (χ2v) is 17.3. The van der Waals surface area contributed by atoms with E-state index in [-0.39, 0.29) is 5.41 Å². The minimum Gasteiger partial charge on any atom is -0.309 e. The van der Waals surface area contributed by atoms with E-state index in [1.807, 2.05) is 0 Å². The number of fused-ring (bicyclic) bond motifs is 6. The van der Waals surface area contributed by atoms with Crippen molar-refractivity contribution >= 4 is 33.9 Å². The van der Waals surface area contributed by atoms with Crippen LogP contribution in [0.2, 0.25) is 0 Å². The minimum absolute atomic E-state index is 0.133. The molecule has 0 saturated carbocycles. The number of benzene rings is 9. The highest BCUT2D eigenvalue weighted by Gasteiger charge is 2.38. The third-order valence-electron chi connectivity index (χ3n) is 13.3. The van der Waals surface area contributed by atoms with Gasteiger partial charge >= 0.3 is 0 Å². The van der Waals surface area contributed by atoms with Crippen molar-refractivity contribution in [1.29, 1.82) is 0 Å². The third-order valence-corrected chi connectivity index (χ3v) is 13.3. The molecule has 1 atom stereocenters. The summed E-state index contributed by atoms with van der Waals surface area (Å²) in [5.41, 5.74) is 21.1. The van der Waals surface area contributed by atoms with Crippen LogP contribution < -0.4 is 4.90 Å². The summed E-state index contributed by atoms with van der Waals surface area (Å²) in [7, 11) is 0. The minimum atomic E-state index is -0.133. The fourth-order valence-electron chi connectivity index (χ4n) is 10.3. The molecule has 0 spiro atoms. The first kappa shape index (κ1) is 36.8. The van der Waals surface area contributed by atoms with E-state index in [0.717, 1.165) is 17.8 Å². The smallest absolute Gasteiger partial charge is 0.0543 e.